The second-order valence-corrected chi connectivity index (χ2v) is 8.93. The Kier molecular flexibility index (Phi) is 4.78. The first-order valence-electron chi connectivity index (χ1n) is 12.0. The summed E-state index contributed by atoms with van der Waals surface area (Å²) in [6.45, 7) is 0. The molecule has 0 aliphatic carbocycles. The van der Waals surface area contributed by atoms with Gasteiger partial charge >= 0.3 is 0 Å². The molecule has 3 nitrogen and oxygen atoms in total. The van der Waals surface area contributed by atoms with Gasteiger partial charge in [0, 0.05) is 45.5 Å². The molecule has 0 amide bonds. The highest BCUT2D eigenvalue weighted by Crippen LogP contribution is 2.37. The van der Waals surface area contributed by atoms with Gasteiger partial charge in [-0.05, 0) is 46.3 Å². The first-order valence-corrected chi connectivity index (χ1v) is 12.0. The van der Waals surface area contributed by atoms with Crippen LogP contribution in [-0.4, -0.2) is 4.98 Å². The van der Waals surface area contributed by atoms with Crippen LogP contribution < -0.4 is 5.32 Å². The molecule has 0 bridgehead atoms. The molecule has 36 heavy (non-hydrogen) atoms. The van der Waals surface area contributed by atoms with Crippen molar-refractivity contribution in [3.05, 3.63) is 128 Å². The molecule has 1 N–H and O–H groups in total. The number of rotatable bonds is 4. The lowest BCUT2D eigenvalue weighted by Gasteiger charge is -2.14. The van der Waals surface area contributed by atoms with Crippen molar-refractivity contribution >= 4 is 44.1 Å². The Balaban J connectivity index is 1.25. The summed E-state index contributed by atoms with van der Waals surface area (Å²) in [5.74, 6) is 0. The van der Waals surface area contributed by atoms with Gasteiger partial charge in [-0.25, -0.2) is 0 Å². The molecule has 5 aromatic carbocycles. The number of para-hydroxylation sites is 1. The molecule has 7 aromatic rings. The fraction of sp³-hybridized carbons (Fsp3) is 0. The summed E-state index contributed by atoms with van der Waals surface area (Å²) in [7, 11) is 0. The molecule has 0 unspecified atom stereocenters. The normalized spacial score (nSPS) is 11.3. The van der Waals surface area contributed by atoms with E-state index in [1.165, 1.54) is 21.9 Å². The van der Waals surface area contributed by atoms with E-state index in [1.807, 2.05) is 12.3 Å². The zero-order valence-corrected chi connectivity index (χ0v) is 19.5. The fourth-order valence-electron chi connectivity index (χ4n) is 5.04. The van der Waals surface area contributed by atoms with E-state index in [1.54, 1.807) is 6.20 Å². The molecule has 7 rings (SSSR count). The quantitative estimate of drug-likeness (QED) is 0.283. The number of nitrogens with one attached hydrogen (secondary N) is 1. The molecular formula is C33H22N2O. The van der Waals surface area contributed by atoms with Gasteiger partial charge in [0.15, 0.2) is 0 Å². The molecule has 2 aromatic heterocycles. The largest absolute Gasteiger partial charge is 0.455 e. The highest BCUT2D eigenvalue weighted by Gasteiger charge is 2.12. The smallest absolute Gasteiger partial charge is 0.143 e. The van der Waals surface area contributed by atoms with Crippen LogP contribution in [0.5, 0.6) is 0 Å². The topological polar surface area (TPSA) is 38.1 Å². The molecule has 0 aliphatic rings. The summed E-state index contributed by atoms with van der Waals surface area (Å²) in [5, 5.41) is 8.19. The summed E-state index contributed by atoms with van der Waals surface area (Å²) in [6, 6.07) is 40.2. The number of hydrogen-bond donors (Lipinski definition) is 1. The monoisotopic (exact) mass is 462 g/mol. The Bertz CT molecular complexity index is 1850. The van der Waals surface area contributed by atoms with Crippen molar-refractivity contribution in [2.24, 2.45) is 0 Å². The average Bonchev–Trinajstić information content (AvgIpc) is 3.33. The maximum atomic E-state index is 6.20. The minimum absolute atomic E-state index is 0.858. The van der Waals surface area contributed by atoms with Crippen LogP contribution >= 0.6 is 0 Å². The van der Waals surface area contributed by atoms with Gasteiger partial charge < -0.3 is 9.73 Å². The van der Waals surface area contributed by atoms with Crippen molar-refractivity contribution in [3.63, 3.8) is 0 Å². The molecule has 0 atom stereocenters. The van der Waals surface area contributed by atoms with Crippen molar-refractivity contribution in [3.8, 4) is 22.3 Å². The Hall–Kier alpha value is -4.89. The standard InChI is InChI=1S/C33H22N2O/c1-2-7-22(8-3-1)25-17-18-31(28-10-5-4-9-27(25)28)35-24-15-13-23(14-16-24)26-11-6-12-29-30-21-34-20-19-32(30)36-33(26)29/h1-21,35H. The molecule has 3 heteroatoms. The summed E-state index contributed by atoms with van der Waals surface area (Å²) in [5.41, 5.74) is 8.53. The number of aromatic nitrogens is 1. The van der Waals surface area contributed by atoms with Crippen LogP contribution in [0.15, 0.2) is 132 Å². The van der Waals surface area contributed by atoms with Crippen LogP contribution in [0.25, 0.3) is 55.0 Å². The minimum Gasteiger partial charge on any atom is -0.455 e. The van der Waals surface area contributed by atoms with E-state index in [4.69, 9.17) is 4.42 Å². The summed E-state index contributed by atoms with van der Waals surface area (Å²) < 4.78 is 6.20. The van der Waals surface area contributed by atoms with Gasteiger partial charge in [-0.1, -0.05) is 91.0 Å². The Morgan fingerprint density at radius 1 is 0.528 bits per heavy atom. The Labute approximate surface area is 208 Å². The highest BCUT2D eigenvalue weighted by atomic mass is 16.3. The third-order valence-electron chi connectivity index (χ3n) is 6.78. The zero-order chi connectivity index (χ0) is 23.9. The van der Waals surface area contributed by atoms with Gasteiger partial charge in [0.25, 0.3) is 0 Å². The van der Waals surface area contributed by atoms with Crippen molar-refractivity contribution in [2.75, 3.05) is 5.32 Å². The number of nitrogens with zero attached hydrogens (tertiary/aromatic N) is 1. The predicted molar refractivity (Wildman–Crippen MR) is 150 cm³/mol. The van der Waals surface area contributed by atoms with E-state index in [0.29, 0.717) is 0 Å². The van der Waals surface area contributed by atoms with E-state index < -0.39 is 0 Å². The van der Waals surface area contributed by atoms with Gasteiger partial charge in [0.1, 0.15) is 11.2 Å². The van der Waals surface area contributed by atoms with Crippen molar-refractivity contribution in [1.82, 2.24) is 4.98 Å². The summed E-state index contributed by atoms with van der Waals surface area (Å²) in [6.07, 6.45) is 3.63. The van der Waals surface area contributed by atoms with Crippen LogP contribution in [0.3, 0.4) is 0 Å². The van der Waals surface area contributed by atoms with E-state index >= 15 is 0 Å². The average molecular weight is 463 g/mol. The van der Waals surface area contributed by atoms with Gasteiger partial charge in [0.2, 0.25) is 0 Å². The molecule has 0 radical (unpaired) electrons. The van der Waals surface area contributed by atoms with Gasteiger partial charge in [-0.2, -0.15) is 0 Å². The lowest BCUT2D eigenvalue weighted by atomic mass is 9.97. The molecule has 0 spiro atoms. The third kappa shape index (κ3) is 3.41. The van der Waals surface area contributed by atoms with E-state index in [2.05, 4.69) is 119 Å². The maximum absolute atomic E-state index is 6.20. The van der Waals surface area contributed by atoms with Crippen LogP contribution in [0, 0.1) is 0 Å². The molecule has 0 saturated carbocycles. The molecular weight excluding hydrogens is 440 g/mol. The number of fused-ring (bicyclic) bond motifs is 4. The van der Waals surface area contributed by atoms with Crippen molar-refractivity contribution < 1.29 is 4.42 Å². The summed E-state index contributed by atoms with van der Waals surface area (Å²) >= 11 is 0. The Morgan fingerprint density at radius 2 is 1.28 bits per heavy atom. The number of pyridine rings is 1. The number of hydrogen-bond acceptors (Lipinski definition) is 3. The second kappa shape index (κ2) is 8.40. The first-order chi connectivity index (χ1) is 17.8. The van der Waals surface area contributed by atoms with E-state index in [0.717, 1.165) is 44.4 Å². The second-order valence-electron chi connectivity index (χ2n) is 8.93. The van der Waals surface area contributed by atoms with Crippen LogP contribution in [-0.2, 0) is 0 Å². The third-order valence-corrected chi connectivity index (χ3v) is 6.78. The van der Waals surface area contributed by atoms with E-state index in [-0.39, 0.29) is 0 Å². The lowest BCUT2D eigenvalue weighted by molar-refractivity contribution is 0.669. The molecule has 170 valence electrons. The predicted octanol–water partition coefficient (Wildman–Crippen LogP) is 9.21. The number of furan rings is 1. The molecule has 0 saturated heterocycles. The summed E-state index contributed by atoms with van der Waals surface area (Å²) in [4.78, 5) is 4.26. The Morgan fingerprint density at radius 3 is 2.14 bits per heavy atom. The van der Waals surface area contributed by atoms with Crippen LogP contribution in [0.4, 0.5) is 11.4 Å². The molecule has 2 heterocycles. The van der Waals surface area contributed by atoms with Crippen molar-refractivity contribution in [2.45, 2.75) is 0 Å². The lowest BCUT2D eigenvalue weighted by Crippen LogP contribution is -1.93. The number of benzene rings is 5. The van der Waals surface area contributed by atoms with Crippen LogP contribution in [0.1, 0.15) is 0 Å². The van der Waals surface area contributed by atoms with Gasteiger partial charge in [-0.15, -0.1) is 0 Å². The van der Waals surface area contributed by atoms with Crippen molar-refractivity contribution in [1.29, 1.82) is 0 Å². The molecule has 0 fully saturated rings. The minimum atomic E-state index is 0.858. The zero-order valence-electron chi connectivity index (χ0n) is 19.5. The maximum Gasteiger partial charge on any atom is 0.143 e. The molecule has 0 aliphatic heterocycles. The fourth-order valence-corrected chi connectivity index (χ4v) is 5.04. The van der Waals surface area contributed by atoms with Crippen LogP contribution in [0.2, 0.25) is 0 Å². The van der Waals surface area contributed by atoms with Gasteiger partial charge in [0.05, 0.1) is 0 Å². The SMILES string of the molecule is c1ccc(-c2ccc(Nc3ccc(-c4cccc5c4oc4ccncc45)cc3)c3ccccc23)cc1. The van der Waals surface area contributed by atoms with Gasteiger partial charge in [-0.3, -0.25) is 4.98 Å². The first kappa shape index (κ1) is 20.5. The van der Waals surface area contributed by atoms with E-state index in [9.17, 15) is 0 Å². The highest BCUT2D eigenvalue weighted by molar-refractivity contribution is 6.09. The number of anilines is 2.